The maximum atomic E-state index is 13.2. The lowest BCUT2D eigenvalue weighted by Gasteiger charge is -2.36. The average Bonchev–Trinajstić information content (AvgIpc) is 3.07. The molecule has 0 aliphatic heterocycles. The Labute approximate surface area is 266 Å². The molecule has 0 heterocycles. The summed E-state index contributed by atoms with van der Waals surface area (Å²) in [5.74, 6) is -0.720. The van der Waals surface area contributed by atoms with Crippen molar-refractivity contribution < 1.29 is 39.0 Å². The first-order valence-corrected chi connectivity index (χ1v) is 16.6. The van der Waals surface area contributed by atoms with Crippen molar-refractivity contribution in [3.63, 3.8) is 0 Å². The van der Waals surface area contributed by atoms with Crippen LogP contribution in [0.25, 0.3) is 22.6 Å². The molecule has 0 saturated heterocycles. The van der Waals surface area contributed by atoms with Crippen LogP contribution in [0.2, 0.25) is 2.82 Å². The van der Waals surface area contributed by atoms with Crippen molar-refractivity contribution in [1.82, 2.24) is 0 Å². The molecule has 0 bridgehead atoms. The maximum absolute atomic E-state index is 13.2. The number of nitrogens with zero attached hydrogens (tertiary/aromatic N) is 2. The van der Waals surface area contributed by atoms with E-state index in [4.69, 9.17) is 2.82 Å². The quantitative estimate of drug-likeness (QED) is 0.0899. The second kappa shape index (κ2) is 10.8. The van der Waals surface area contributed by atoms with Gasteiger partial charge in [-0.15, -0.1) is 0 Å². The summed E-state index contributed by atoms with van der Waals surface area (Å²) in [4.78, 5) is 0. The molecule has 0 spiro atoms. The Balaban J connectivity index is 1.44. The number of aliphatic hydroxyl groups is 2. The molecule has 46 heavy (non-hydrogen) atoms. The van der Waals surface area contributed by atoms with Crippen LogP contribution in [0.15, 0.2) is 119 Å². The molecule has 12 nitrogen and oxygen atoms in total. The zero-order valence-corrected chi connectivity index (χ0v) is 25.3. The first-order valence-electron chi connectivity index (χ1n) is 14.6. The van der Waals surface area contributed by atoms with Gasteiger partial charge >= 0.3 is 0 Å². The molecule has 0 saturated carbocycles. The van der Waals surface area contributed by atoms with Gasteiger partial charge in [-0.3, -0.25) is 9.11 Å². The average molecular weight is 659 g/mol. The van der Waals surface area contributed by atoms with E-state index in [1.807, 2.05) is 0 Å². The van der Waals surface area contributed by atoms with Crippen LogP contribution in [0, 0.1) is 11.0 Å². The molecule has 2 atom stereocenters. The minimum atomic E-state index is -4.92. The maximum Gasteiger partial charge on any atom is 0.279 e. The largest absolute Gasteiger partial charge is 0.505 e. The molecular weight excluding hydrogens is 633 g/mol. The molecule has 6 N–H and O–H groups in total. The molecule has 14 heteroatoms. The van der Waals surface area contributed by atoms with Gasteiger partial charge in [0, 0.05) is 24.0 Å². The van der Waals surface area contributed by atoms with E-state index in [0.29, 0.717) is 11.1 Å². The van der Waals surface area contributed by atoms with Crippen molar-refractivity contribution in [3.05, 3.63) is 142 Å². The van der Waals surface area contributed by atoms with Crippen LogP contribution in [-0.2, 0) is 29.7 Å². The van der Waals surface area contributed by atoms with E-state index in [9.17, 15) is 36.2 Å². The molecule has 0 aromatic heterocycles. The van der Waals surface area contributed by atoms with Gasteiger partial charge in [0.25, 0.3) is 20.2 Å². The van der Waals surface area contributed by atoms with Gasteiger partial charge in [-0.25, -0.2) is 11.0 Å². The molecule has 0 radical (unpaired) electrons. The van der Waals surface area contributed by atoms with Crippen LogP contribution < -0.4 is 0 Å². The molecule has 4 aromatic carbocycles. The molecule has 0 amide bonds. The van der Waals surface area contributed by atoms with Gasteiger partial charge in [-0.1, -0.05) is 97.1 Å². The Hall–Kier alpha value is -5.02. The fourth-order valence-electron chi connectivity index (χ4n) is 6.53. The van der Waals surface area contributed by atoms with Crippen molar-refractivity contribution in [2.45, 2.75) is 22.3 Å². The smallest absolute Gasteiger partial charge is 0.279 e. The third-order valence-electron chi connectivity index (χ3n) is 8.77. The zero-order valence-electron chi connectivity index (χ0n) is 25.7. The Kier molecular flexibility index (Phi) is 6.68. The number of hydrogen-bond donors (Lipinski definition) is 6. The summed E-state index contributed by atoms with van der Waals surface area (Å²) < 4.78 is 84.2. The summed E-state index contributed by atoms with van der Waals surface area (Å²) in [6.07, 6.45) is -1.01. The highest BCUT2D eigenvalue weighted by Crippen LogP contribution is 2.51. The van der Waals surface area contributed by atoms with Gasteiger partial charge in [0.2, 0.25) is 2.82 Å². The van der Waals surface area contributed by atoms with E-state index in [-0.39, 0.29) is 56.3 Å². The first kappa shape index (κ1) is 28.5. The molecule has 6 rings (SSSR count). The lowest BCUT2D eigenvalue weighted by Crippen LogP contribution is -2.40. The molecule has 234 valence electrons. The number of aliphatic hydroxyl groups excluding tert-OH is 2. The fourth-order valence-corrected chi connectivity index (χ4v) is 8.94. The van der Waals surface area contributed by atoms with E-state index in [1.165, 1.54) is 48.5 Å². The highest BCUT2D eigenvalue weighted by atomic mass is 32.2. The number of nitrogens with one attached hydrogen (secondary N) is 2. The molecule has 0 fully saturated rings. The third-order valence-corrected chi connectivity index (χ3v) is 11.7. The van der Waals surface area contributed by atoms with Crippen molar-refractivity contribution >= 4 is 31.8 Å². The van der Waals surface area contributed by atoms with Gasteiger partial charge in [-0.2, -0.15) is 27.1 Å². The van der Waals surface area contributed by atoms with Gasteiger partial charge in [-0.05, 0) is 33.4 Å². The Morgan fingerprint density at radius 3 is 1.26 bits per heavy atom. The highest BCUT2D eigenvalue weighted by Gasteiger charge is 2.53. The predicted octanol–water partition coefficient (Wildman–Crippen LogP) is 6.94. The second-order valence-electron chi connectivity index (χ2n) is 11.0. The Bertz CT molecular complexity index is 2130. The van der Waals surface area contributed by atoms with E-state index < -0.39 is 42.6 Å². The van der Waals surface area contributed by atoms with Crippen LogP contribution in [0.1, 0.15) is 46.2 Å². The lowest BCUT2D eigenvalue weighted by atomic mass is 9.78. The fraction of sp³-hybridized carbons (Fsp3) is 0.125. The number of benzene rings is 4. The number of hydrogen-bond acceptors (Lipinski definition) is 10. The normalized spacial score (nSPS) is 22.5. The van der Waals surface area contributed by atoms with Crippen LogP contribution in [0.3, 0.4) is 0 Å². The molecule has 4 aromatic rings. The SMILES string of the molecule is [H]/N=N/C1=C(O)c2ccccc2C(c2ccc(-c3ccc(C4(S(=O)(=O)O)CC(/N=N/[H])=C(O)c5ccccc54)cc3)cc2)(S(=O)(=O)O)C1. The van der Waals surface area contributed by atoms with E-state index >= 15 is 0 Å². The minimum absolute atomic E-state index is 0.107. The minimum Gasteiger partial charge on any atom is -0.505 e. The molecule has 2 aliphatic rings. The van der Waals surface area contributed by atoms with Gasteiger partial charge < -0.3 is 10.2 Å². The standard InChI is InChI=1S/C32H26N4O8S2/c33-35-27-17-31(45(39,40)41,25-7-3-1-5-23(25)29(27)37)21-13-9-19(10-14-21)20-11-15-22(16-12-20)32(46(42,43)44)18-28(36-34)30(38)24-6-2-4-8-26(24)32/h1-16,33-34,37-38H,17-18H2,(H,39,40,41)(H,42,43,44)/b35-33+,36-34+. The zero-order chi connectivity index (χ0) is 34.5. The van der Waals surface area contributed by atoms with Gasteiger partial charge in [0.1, 0.15) is 22.9 Å². The second-order valence-corrected chi connectivity index (χ2v) is 14.3. The van der Waals surface area contributed by atoms with Crippen LogP contribution >= 0.6 is 0 Å². The number of fused-ring (bicyclic) bond motifs is 2. The predicted molar refractivity (Wildman–Crippen MR) is 168 cm³/mol. The summed E-state index contributed by atoms with van der Waals surface area (Å²) in [7, 11) is -9.84. The monoisotopic (exact) mass is 658 g/mol. The first-order chi connectivity index (χ1) is 22.8. The van der Waals surface area contributed by atoms with Crippen LogP contribution in [-0.4, -0.2) is 36.2 Å². The van der Waals surface area contributed by atoms with Crippen LogP contribution in [0.4, 0.5) is 0 Å². The summed E-state index contributed by atoms with van der Waals surface area (Å²) in [6, 6.07) is 24.6. The van der Waals surface area contributed by atoms with Crippen molar-refractivity contribution in [1.29, 1.82) is 11.0 Å². The molecule has 2 unspecified atom stereocenters. The van der Waals surface area contributed by atoms with Crippen molar-refractivity contribution in [2.75, 3.05) is 0 Å². The van der Waals surface area contributed by atoms with E-state index in [1.54, 1.807) is 48.5 Å². The summed E-state index contributed by atoms with van der Waals surface area (Å²) >= 11 is 0. The lowest BCUT2D eigenvalue weighted by molar-refractivity contribution is 0.430. The van der Waals surface area contributed by atoms with E-state index in [2.05, 4.69) is 21.3 Å². The summed E-state index contributed by atoms with van der Waals surface area (Å²) in [6.45, 7) is 0. The summed E-state index contributed by atoms with van der Waals surface area (Å²) in [5.41, 5.74) is 7.41. The Morgan fingerprint density at radius 1 is 0.587 bits per heavy atom. The van der Waals surface area contributed by atoms with Gasteiger partial charge in [0.15, 0.2) is 9.49 Å². The highest BCUT2D eigenvalue weighted by molar-refractivity contribution is 7.87. The number of rotatable bonds is 7. The van der Waals surface area contributed by atoms with E-state index in [0.717, 1.165) is 0 Å². The molecule has 2 aliphatic carbocycles. The van der Waals surface area contributed by atoms with Crippen LogP contribution in [0.5, 0.6) is 0 Å². The molecular formula is C32H26N4O8S2. The Morgan fingerprint density at radius 2 is 0.935 bits per heavy atom. The summed E-state index contributed by atoms with van der Waals surface area (Å²) in [5, 5.41) is 28.8. The van der Waals surface area contributed by atoms with Crippen molar-refractivity contribution in [2.24, 2.45) is 10.2 Å². The van der Waals surface area contributed by atoms with Gasteiger partial charge in [0.05, 0.1) is 0 Å². The third kappa shape index (κ3) is 4.41. The number of allylic oxidation sites excluding steroid dienone is 2. The van der Waals surface area contributed by atoms with Crippen molar-refractivity contribution in [3.8, 4) is 11.1 Å². The topological polar surface area (TPSA) is 222 Å².